The third kappa shape index (κ3) is 6.46. The molecule has 1 fully saturated rings. The third-order valence-corrected chi connectivity index (χ3v) is 5.00. The van der Waals surface area contributed by atoms with Crippen molar-refractivity contribution in [2.75, 3.05) is 19.6 Å². The van der Waals surface area contributed by atoms with Gasteiger partial charge < -0.3 is 10.6 Å². The first-order valence-electron chi connectivity index (χ1n) is 7.35. The lowest BCUT2D eigenvalue weighted by molar-refractivity contribution is -0.137. The molecule has 0 aromatic heterocycles. The quantitative estimate of drug-likeness (QED) is 0.670. The highest BCUT2D eigenvalue weighted by molar-refractivity contribution is 7.89. The summed E-state index contributed by atoms with van der Waals surface area (Å²) in [6.07, 6.45) is -2.70. The fourth-order valence-electron chi connectivity index (χ4n) is 2.31. The van der Waals surface area contributed by atoms with Crippen molar-refractivity contribution >= 4 is 28.3 Å². The molecule has 142 valence electrons. The number of halogens is 4. The molecular formula is C14H19ClF3N3O3S. The summed E-state index contributed by atoms with van der Waals surface area (Å²) in [7, 11) is -4.20. The van der Waals surface area contributed by atoms with E-state index < -0.39 is 39.1 Å². The Kier molecular flexibility index (Phi) is 7.66. The van der Waals surface area contributed by atoms with Crippen molar-refractivity contribution in [2.45, 2.75) is 30.0 Å². The van der Waals surface area contributed by atoms with Gasteiger partial charge in [-0.3, -0.25) is 4.79 Å². The van der Waals surface area contributed by atoms with E-state index in [4.69, 9.17) is 0 Å². The summed E-state index contributed by atoms with van der Waals surface area (Å²) < 4.78 is 63.9. The average molecular weight is 402 g/mol. The number of rotatable bonds is 6. The van der Waals surface area contributed by atoms with Crippen molar-refractivity contribution in [3.05, 3.63) is 29.8 Å². The Hall–Kier alpha value is -1.36. The molecular weight excluding hydrogens is 383 g/mol. The minimum atomic E-state index is -4.64. The van der Waals surface area contributed by atoms with Crippen LogP contribution in [0.2, 0.25) is 0 Å². The van der Waals surface area contributed by atoms with Crippen LogP contribution >= 0.6 is 12.4 Å². The van der Waals surface area contributed by atoms with E-state index in [1.54, 1.807) is 0 Å². The third-order valence-electron chi connectivity index (χ3n) is 3.60. The fraction of sp³-hybridized carbons (Fsp3) is 0.500. The first-order chi connectivity index (χ1) is 11.2. The van der Waals surface area contributed by atoms with Gasteiger partial charge in [0.05, 0.1) is 17.0 Å². The number of benzene rings is 1. The molecule has 1 amide bonds. The molecule has 2 rings (SSSR count). The van der Waals surface area contributed by atoms with Gasteiger partial charge in [0.2, 0.25) is 15.9 Å². The smallest absolute Gasteiger partial charge is 0.353 e. The van der Waals surface area contributed by atoms with Crippen LogP contribution in [0.5, 0.6) is 0 Å². The Labute approximate surface area is 150 Å². The van der Waals surface area contributed by atoms with Crippen molar-refractivity contribution in [1.82, 2.24) is 15.4 Å². The summed E-state index contributed by atoms with van der Waals surface area (Å²) in [6.45, 7) is 0.720. The number of hydrogen-bond acceptors (Lipinski definition) is 4. The van der Waals surface area contributed by atoms with Gasteiger partial charge >= 0.3 is 6.18 Å². The molecule has 1 aromatic rings. The molecule has 6 nitrogen and oxygen atoms in total. The number of amides is 1. The van der Waals surface area contributed by atoms with E-state index in [-0.39, 0.29) is 18.4 Å². The van der Waals surface area contributed by atoms with Gasteiger partial charge in [-0.05, 0) is 37.6 Å². The Morgan fingerprint density at radius 1 is 1.32 bits per heavy atom. The van der Waals surface area contributed by atoms with E-state index in [9.17, 15) is 26.4 Å². The zero-order valence-electron chi connectivity index (χ0n) is 13.1. The van der Waals surface area contributed by atoms with Crippen LogP contribution in [0, 0.1) is 0 Å². The highest BCUT2D eigenvalue weighted by Crippen LogP contribution is 2.30. The van der Waals surface area contributed by atoms with Crippen LogP contribution < -0.4 is 15.4 Å². The van der Waals surface area contributed by atoms with Gasteiger partial charge in [0.25, 0.3) is 0 Å². The van der Waals surface area contributed by atoms with Gasteiger partial charge in [-0.25, -0.2) is 13.1 Å². The zero-order chi connectivity index (χ0) is 17.8. The van der Waals surface area contributed by atoms with Crippen LogP contribution in [0.1, 0.15) is 18.4 Å². The first kappa shape index (κ1) is 21.7. The molecule has 0 aliphatic carbocycles. The Balaban J connectivity index is 0.00000312. The minimum Gasteiger partial charge on any atom is -0.353 e. The van der Waals surface area contributed by atoms with Gasteiger partial charge in [-0.2, -0.15) is 13.2 Å². The summed E-state index contributed by atoms with van der Waals surface area (Å²) in [5.74, 6) is -0.542. The zero-order valence-corrected chi connectivity index (χ0v) is 14.7. The van der Waals surface area contributed by atoms with E-state index in [0.29, 0.717) is 12.6 Å². The second-order valence-electron chi connectivity index (χ2n) is 5.45. The Morgan fingerprint density at radius 2 is 2.04 bits per heavy atom. The van der Waals surface area contributed by atoms with Gasteiger partial charge in [0.1, 0.15) is 0 Å². The molecule has 0 bridgehead atoms. The molecule has 0 spiro atoms. The van der Waals surface area contributed by atoms with Crippen molar-refractivity contribution in [3.63, 3.8) is 0 Å². The molecule has 25 heavy (non-hydrogen) atoms. The number of alkyl halides is 3. The maximum Gasteiger partial charge on any atom is 0.416 e. The van der Waals surface area contributed by atoms with Crippen molar-refractivity contribution in [2.24, 2.45) is 0 Å². The number of carbonyl (C=O) groups excluding carboxylic acids is 1. The first-order valence-corrected chi connectivity index (χ1v) is 8.84. The van der Waals surface area contributed by atoms with Crippen LogP contribution in [0.15, 0.2) is 29.2 Å². The second-order valence-corrected chi connectivity index (χ2v) is 7.21. The van der Waals surface area contributed by atoms with Crippen LogP contribution in [-0.4, -0.2) is 40.0 Å². The van der Waals surface area contributed by atoms with Gasteiger partial charge in [-0.1, -0.05) is 6.07 Å². The van der Waals surface area contributed by atoms with Gasteiger partial charge in [0.15, 0.2) is 0 Å². The van der Waals surface area contributed by atoms with E-state index in [1.807, 2.05) is 4.72 Å². The molecule has 1 saturated heterocycles. The van der Waals surface area contributed by atoms with E-state index >= 15 is 0 Å². The lowest BCUT2D eigenvalue weighted by atomic mass is 10.2. The molecule has 1 heterocycles. The largest absolute Gasteiger partial charge is 0.416 e. The fourth-order valence-corrected chi connectivity index (χ4v) is 3.34. The average Bonchev–Trinajstić information content (AvgIpc) is 3.04. The lowest BCUT2D eigenvalue weighted by Gasteiger charge is -2.12. The summed E-state index contributed by atoms with van der Waals surface area (Å²) in [4.78, 5) is 11.1. The molecule has 11 heteroatoms. The minimum absolute atomic E-state index is 0. The number of nitrogens with one attached hydrogen (secondary N) is 3. The van der Waals surface area contributed by atoms with E-state index in [1.165, 1.54) is 0 Å². The van der Waals surface area contributed by atoms with Crippen LogP contribution in [-0.2, 0) is 21.0 Å². The van der Waals surface area contributed by atoms with E-state index in [2.05, 4.69) is 10.6 Å². The predicted octanol–water partition coefficient (Wildman–Crippen LogP) is 1.27. The molecule has 1 unspecified atom stereocenters. The standard InChI is InChI=1S/C14H18F3N3O3S.ClH/c15-14(16,17)10-3-1-5-12(7-10)24(22,23)20-9-13(21)19-8-11-4-2-6-18-11;/h1,3,5,7,11,18,20H,2,4,6,8-9H2,(H,19,21);1H. The van der Waals surface area contributed by atoms with E-state index in [0.717, 1.165) is 37.6 Å². The Bertz CT molecular complexity index is 692. The molecule has 1 aliphatic heterocycles. The maximum absolute atomic E-state index is 12.6. The summed E-state index contributed by atoms with van der Waals surface area (Å²) >= 11 is 0. The second kappa shape index (κ2) is 8.84. The van der Waals surface area contributed by atoms with Crippen molar-refractivity contribution in [3.8, 4) is 0 Å². The van der Waals surface area contributed by atoms with Crippen LogP contribution in [0.25, 0.3) is 0 Å². The van der Waals surface area contributed by atoms with Crippen LogP contribution in [0.3, 0.4) is 0 Å². The summed E-state index contributed by atoms with van der Waals surface area (Å²) in [6, 6.07) is 3.51. The molecule has 0 saturated carbocycles. The highest BCUT2D eigenvalue weighted by Gasteiger charge is 2.31. The molecule has 0 radical (unpaired) electrons. The normalized spacial score (nSPS) is 17.8. The summed E-state index contributed by atoms with van der Waals surface area (Å²) in [5, 5.41) is 5.75. The monoisotopic (exact) mass is 401 g/mol. The van der Waals surface area contributed by atoms with Crippen LogP contribution in [0.4, 0.5) is 13.2 Å². The SMILES string of the molecule is Cl.O=C(CNS(=O)(=O)c1cccc(C(F)(F)F)c1)NCC1CCCN1. The van der Waals surface area contributed by atoms with Gasteiger partial charge in [0, 0.05) is 12.6 Å². The number of hydrogen-bond donors (Lipinski definition) is 3. The summed E-state index contributed by atoms with van der Waals surface area (Å²) in [5.41, 5.74) is -1.07. The van der Waals surface area contributed by atoms with Crippen molar-refractivity contribution in [1.29, 1.82) is 0 Å². The van der Waals surface area contributed by atoms with Gasteiger partial charge in [-0.15, -0.1) is 12.4 Å². The highest BCUT2D eigenvalue weighted by atomic mass is 35.5. The number of carbonyl (C=O) groups is 1. The number of sulfonamides is 1. The molecule has 1 aromatic carbocycles. The molecule has 3 N–H and O–H groups in total. The maximum atomic E-state index is 12.6. The Morgan fingerprint density at radius 3 is 2.64 bits per heavy atom. The molecule has 1 atom stereocenters. The van der Waals surface area contributed by atoms with Crippen molar-refractivity contribution < 1.29 is 26.4 Å². The predicted molar refractivity (Wildman–Crippen MR) is 87.9 cm³/mol. The lowest BCUT2D eigenvalue weighted by Crippen LogP contribution is -2.42. The molecule has 1 aliphatic rings. The topological polar surface area (TPSA) is 87.3 Å².